The minimum atomic E-state index is -0.190. The highest BCUT2D eigenvalue weighted by Crippen LogP contribution is 2.16. The van der Waals surface area contributed by atoms with E-state index >= 15 is 0 Å². The number of aromatic amines is 1. The van der Waals surface area contributed by atoms with Crippen molar-refractivity contribution >= 4 is 17.2 Å². The van der Waals surface area contributed by atoms with Gasteiger partial charge >= 0.3 is 0 Å². The van der Waals surface area contributed by atoms with Crippen LogP contribution in [0.5, 0.6) is 0 Å². The van der Waals surface area contributed by atoms with Crippen molar-refractivity contribution in [3.8, 4) is 11.8 Å². The number of nitrogens with one attached hydrogen (secondary N) is 1. The van der Waals surface area contributed by atoms with Crippen molar-refractivity contribution in [2.24, 2.45) is 0 Å². The molecule has 19 heavy (non-hydrogen) atoms. The van der Waals surface area contributed by atoms with Crippen molar-refractivity contribution in [1.82, 2.24) is 20.3 Å². The van der Waals surface area contributed by atoms with Gasteiger partial charge in [0.05, 0.1) is 12.7 Å². The summed E-state index contributed by atoms with van der Waals surface area (Å²) in [5, 5.41) is 20.3. The molecule has 7 heteroatoms. The van der Waals surface area contributed by atoms with E-state index in [0.717, 1.165) is 10.4 Å². The Morgan fingerprint density at radius 3 is 3.16 bits per heavy atom. The van der Waals surface area contributed by atoms with Crippen molar-refractivity contribution < 1.29 is 9.90 Å². The van der Waals surface area contributed by atoms with Crippen molar-refractivity contribution in [2.45, 2.75) is 6.54 Å². The van der Waals surface area contributed by atoms with E-state index in [1.54, 1.807) is 11.9 Å². The second kappa shape index (κ2) is 6.13. The van der Waals surface area contributed by atoms with Crippen LogP contribution in [-0.4, -0.2) is 45.0 Å². The zero-order valence-corrected chi connectivity index (χ0v) is 11.1. The molecule has 2 heterocycles. The number of aliphatic hydroxyl groups excluding tert-OH is 1. The number of carbonyl (C=O) groups excluding carboxylic acids is 1. The lowest BCUT2D eigenvalue weighted by molar-refractivity contribution is 0.0780. The van der Waals surface area contributed by atoms with E-state index in [0.29, 0.717) is 12.2 Å². The van der Waals surface area contributed by atoms with Crippen LogP contribution in [0.3, 0.4) is 0 Å². The minimum Gasteiger partial charge on any atom is -0.384 e. The summed E-state index contributed by atoms with van der Waals surface area (Å²) in [7, 11) is 1.70. The second-order valence-electron chi connectivity index (χ2n) is 3.78. The van der Waals surface area contributed by atoms with Gasteiger partial charge in [0.2, 0.25) is 0 Å². The van der Waals surface area contributed by atoms with E-state index in [1.807, 2.05) is 11.4 Å². The Morgan fingerprint density at radius 2 is 2.47 bits per heavy atom. The second-order valence-corrected chi connectivity index (χ2v) is 4.77. The van der Waals surface area contributed by atoms with Crippen LogP contribution in [-0.2, 0) is 6.54 Å². The molecule has 0 saturated heterocycles. The smallest absolute Gasteiger partial charge is 0.276 e. The summed E-state index contributed by atoms with van der Waals surface area (Å²) in [6.45, 7) is 0.326. The molecule has 0 bridgehead atoms. The fourth-order valence-electron chi connectivity index (χ4n) is 1.48. The van der Waals surface area contributed by atoms with Gasteiger partial charge in [0.25, 0.3) is 5.91 Å². The molecule has 2 aromatic heterocycles. The quantitative estimate of drug-likeness (QED) is 0.799. The maximum atomic E-state index is 11.9. The normalized spacial score (nSPS) is 9.79. The lowest BCUT2D eigenvalue weighted by Gasteiger charge is -2.13. The van der Waals surface area contributed by atoms with E-state index in [2.05, 4.69) is 27.3 Å². The third-order valence-corrected chi connectivity index (χ3v) is 3.26. The molecule has 0 unspecified atom stereocenters. The summed E-state index contributed by atoms with van der Waals surface area (Å²) < 4.78 is 0. The van der Waals surface area contributed by atoms with E-state index < -0.39 is 0 Å². The molecule has 0 radical (unpaired) electrons. The molecule has 0 saturated carbocycles. The largest absolute Gasteiger partial charge is 0.384 e. The van der Waals surface area contributed by atoms with Crippen molar-refractivity contribution in [3.63, 3.8) is 0 Å². The predicted octanol–water partition coefficient (Wildman–Crippen LogP) is 0.482. The highest BCUT2D eigenvalue weighted by Gasteiger charge is 2.15. The molecule has 0 aliphatic heterocycles. The highest BCUT2D eigenvalue weighted by atomic mass is 32.1. The SMILES string of the molecule is CN(Cc1cc(C#CCO)cs1)C(=O)c1cn[nH]n1. The summed E-state index contributed by atoms with van der Waals surface area (Å²) in [6.07, 6.45) is 1.39. The fourth-order valence-corrected chi connectivity index (χ4v) is 2.34. The van der Waals surface area contributed by atoms with Crippen LogP contribution in [0, 0.1) is 11.8 Å². The van der Waals surface area contributed by atoms with Gasteiger partial charge in [0, 0.05) is 22.9 Å². The van der Waals surface area contributed by atoms with Gasteiger partial charge < -0.3 is 10.0 Å². The molecule has 0 aromatic carbocycles. The fraction of sp³-hybridized carbons (Fsp3) is 0.250. The Bertz CT molecular complexity index is 609. The number of nitrogens with zero attached hydrogens (tertiary/aromatic N) is 3. The lowest BCUT2D eigenvalue weighted by atomic mass is 10.3. The molecule has 0 aliphatic carbocycles. The number of aliphatic hydroxyl groups is 1. The first kappa shape index (κ1) is 13.3. The summed E-state index contributed by atoms with van der Waals surface area (Å²) in [6, 6.07) is 1.90. The Kier molecular flexibility index (Phi) is 4.28. The van der Waals surface area contributed by atoms with Crippen LogP contribution >= 0.6 is 11.3 Å². The number of carbonyl (C=O) groups is 1. The van der Waals surface area contributed by atoms with Crippen LogP contribution in [0.15, 0.2) is 17.6 Å². The molecule has 0 aliphatic rings. The van der Waals surface area contributed by atoms with Gasteiger partial charge in [-0.05, 0) is 6.07 Å². The molecule has 6 nitrogen and oxygen atoms in total. The highest BCUT2D eigenvalue weighted by molar-refractivity contribution is 7.10. The number of H-pyrrole nitrogens is 1. The Morgan fingerprint density at radius 1 is 1.63 bits per heavy atom. The summed E-state index contributed by atoms with van der Waals surface area (Å²) >= 11 is 1.52. The van der Waals surface area contributed by atoms with Gasteiger partial charge in [-0.2, -0.15) is 15.4 Å². The average molecular weight is 276 g/mol. The van der Waals surface area contributed by atoms with Gasteiger partial charge in [-0.3, -0.25) is 4.79 Å². The molecular weight excluding hydrogens is 264 g/mol. The molecule has 2 aromatic rings. The standard InChI is InChI=1S/C12H12N4O2S/c1-16(12(18)11-6-13-15-14-11)7-10-5-9(8-19-10)3-2-4-17/h5-6,8,17H,4,7H2,1H3,(H,13,14,15). The molecule has 98 valence electrons. The Balaban J connectivity index is 2.01. The van der Waals surface area contributed by atoms with Gasteiger partial charge in [-0.1, -0.05) is 11.8 Å². The third-order valence-electron chi connectivity index (χ3n) is 2.34. The van der Waals surface area contributed by atoms with E-state index in [9.17, 15) is 4.79 Å². The number of aromatic nitrogens is 3. The summed E-state index contributed by atoms with van der Waals surface area (Å²) in [5.74, 6) is 5.22. The van der Waals surface area contributed by atoms with E-state index in [1.165, 1.54) is 17.5 Å². The van der Waals surface area contributed by atoms with Crippen LogP contribution in [0.2, 0.25) is 0 Å². The van der Waals surface area contributed by atoms with E-state index in [4.69, 9.17) is 5.11 Å². The molecule has 0 fully saturated rings. The number of hydrogen-bond donors (Lipinski definition) is 2. The van der Waals surface area contributed by atoms with Crippen molar-refractivity contribution in [2.75, 3.05) is 13.7 Å². The zero-order chi connectivity index (χ0) is 13.7. The van der Waals surface area contributed by atoms with Crippen LogP contribution in [0.25, 0.3) is 0 Å². The van der Waals surface area contributed by atoms with Gasteiger partial charge in [-0.25, -0.2) is 0 Å². The Hall–Kier alpha value is -2.17. The number of thiophene rings is 1. The summed E-state index contributed by atoms with van der Waals surface area (Å²) in [4.78, 5) is 14.5. The zero-order valence-electron chi connectivity index (χ0n) is 10.3. The first-order chi connectivity index (χ1) is 9.20. The lowest BCUT2D eigenvalue weighted by Crippen LogP contribution is -2.26. The summed E-state index contributed by atoms with van der Waals surface area (Å²) in [5.41, 5.74) is 1.13. The van der Waals surface area contributed by atoms with Crippen molar-refractivity contribution in [3.05, 3.63) is 33.8 Å². The molecule has 0 atom stereocenters. The molecule has 1 amide bonds. The number of hydrogen-bond acceptors (Lipinski definition) is 5. The topological polar surface area (TPSA) is 82.1 Å². The molecule has 2 N–H and O–H groups in total. The van der Waals surface area contributed by atoms with Gasteiger partial charge in [-0.15, -0.1) is 11.3 Å². The van der Waals surface area contributed by atoms with Crippen molar-refractivity contribution in [1.29, 1.82) is 0 Å². The van der Waals surface area contributed by atoms with Crippen LogP contribution in [0.4, 0.5) is 0 Å². The predicted molar refractivity (Wildman–Crippen MR) is 70.5 cm³/mol. The number of rotatable bonds is 3. The van der Waals surface area contributed by atoms with Crippen LogP contribution < -0.4 is 0 Å². The molecule has 0 spiro atoms. The molecular formula is C12H12N4O2S. The average Bonchev–Trinajstić information content (AvgIpc) is 3.06. The van der Waals surface area contributed by atoms with E-state index in [-0.39, 0.29) is 12.5 Å². The number of amides is 1. The maximum Gasteiger partial charge on any atom is 0.276 e. The first-order valence-corrected chi connectivity index (χ1v) is 6.37. The Labute approximate surface area is 114 Å². The van der Waals surface area contributed by atoms with Crippen LogP contribution in [0.1, 0.15) is 20.9 Å². The first-order valence-electron chi connectivity index (χ1n) is 5.49. The van der Waals surface area contributed by atoms with Gasteiger partial charge in [0.15, 0.2) is 5.69 Å². The third kappa shape index (κ3) is 3.40. The minimum absolute atomic E-state index is 0.157. The molecule has 2 rings (SSSR count). The van der Waals surface area contributed by atoms with Gasteiger partial charge in [0.1, 0.15) is 6.61 Å². The monoisotopic (exact) mass is 276 g/mol. The maximum absolute atomic E-state index is 11.9.